The average Bonchev–Trinajstić information content (AvgIpc) is 3.58. The molecular formula is C23H25ClN8O4S. The number of halogens is 1. The Balaban J connectivity index is 1.45. The van der Waals surface area contributed by atoms with Crippen LogP contribution in [-0.2, 0) is 21.9 Å². The molecule has 14 heteroatoms. The van der Waals surface area contributed by atoms with Crippen molar-refractivity contribution in [1.29, 1.82) is 0 Å². The lowest BCUT2D eigenvalue weighted by Crippen LogP contribution is -2.42. The van der Waals surface area contributed by atoms with Gasteiger partial charge in [0.1, 0.15) is 11.7 Å². The number of anilines is 3. The van der Waals surface area contributed by atoms with Gasteiger partial charge in [0.2, 0.25) is 21.9 Å². The van der Waals surface area contributed by atoms with E-state index in [0.29, 0.717) is 64.4 Å². The second-order valence-corrected chi connectivity index (χ2v) is 11.0. The molecule has 1 atom stereocenters. The lowest BCUT2D eigenvalue weighted by Gasteiger charge is -2.21. The number of nitrogens with zero attached hydrogens (tertiary/aromatic N) is 5. The van der Waals surface area contributed by atoms with Crippen LogP contribution in [0.2, 0.25) is 5.02 Å². The molecule has 1 fully saturated rings. The van der Waals surface area contributed by atoms with E-state index in [1.54, 1.807) is 36.3 Å². The summed E-state index contributed by atoms with van der Waals surface area (Å²) in [5.41, 5.74) is 2.97. The minimum absolute atomic E-state index is 0.298. The van der Waals surface area contributed by atoms with Crippen molar-refractivity contribution in [2.75, 3.05) is 30.5 Å². The Morgan fingerprint density at radius 1 is 1.30 bits per heavy atom. The monoisotopic (exact) mass is 544 g/mol. The number of aryl methyl sites for hydroxylation is 1. The summed E-state index contributed by atoms with van der Waals surface area (Å²) in [6.45, 7) is 0.335. The Bertz CT molecular complexity index is 1600. The number of sulfonamides is 1. The minimum atomic E-state index is -3.48. The van der Waals surface area contributed by atoms with E-state index in [1.165, 1.54) is 17.6 Å². The summed E-state index contributed by atoms with van der Waals surface area (Å²) >= 11 is 6.48. The van der Waals surface area contributed by atoms with Crippen molar-refractivity contribution in [1.82, 2.24) is 29.0 Å². The number of methoxy groups -OCH3 is 1. The number of H-pyrrole nitrogens is 1. The molecule has 3 aromatic heterocycles. The molecule has 3 N–H and O–H groups in total. The number of para-hydroxylation sites is 1. The SMILES string of the molecule is COc1nn(C)cc1Nc1ncc(Cl)c(-c2c[nH]c3c(NC(=O)C4CCCN4S(C)(=O)=O)cccc23)n1. The molecule has 0 spiro atoms. The van der Waals surface area contributed by atoms with Crippen LogP contribution in [0.5, 0.6) is 5.88 Å². The molecule has 1 aromatic carbocycles. The Morgan fingerprint density at radius 2 is 2.11 bits per heavy atom. The number of aromatic amines is 1. The van der Waals surface area contributed by atoms with Gasteiger partial charge in [-0.05, 0) is 18.9 Å². The third-order valence-corrected chi connectivity index (χ3v) is 7.71. The number of carbonyl (C=O) groups excluding carboxylic acids is 1. The van der Waals surface area contributed by atoms with Gasteiger partial charge in [-0.2, -0.15) is 4.31 Å². The molecule has 1 aliphatic rings. The van der Waals surface area contributed by atoms with Crippen LogP contribution in [0.3, 0.4) is 0 Å². The van der Waals surface area contributed by atoms with E-state index in [9.17, 15) is 13.2 Å². The first-order valence-corrected chi connectivity index (χ1v) is 13.6. The zero-order valence-electron chi connectivity index (χ0n) is 20.3. The summed E-state index contributed by atoms with van der Waals surface area (Å²) in [6, 6.07) is 4.69. The highest BCUT2D eigenvalue weighted by atomic mass is 35.5. The van der Waals surface area contributed by atoms with Gasteiger partial charge in [-0.1, -0.05) is 23.7 Å². The fraction of sp³-hybridized carbons (Fsp3) is 0.304. The van der Waals surface area contributed by atoms with Crippen LogP contribution in [0.15, 0.2) is 36.8 Å². The van der Waals surface area contributed by atoms with Gasteiger partial charge in [-0.3, -0.25) is 9.48 Å². The molecule has 1 unspecified atom stereocenters. The standard InChI is InChI=1S/C23H25ClN8O4S/c1-31-12-17(22(30-31)36-2)28-23-26-11-15(24)19(29-23)14-10-25-20-13(14)6-4-7-16(20)27-21(33)18-8-5-9-32(18)37(3,34)35/h4,6-7,10-12,18,25H,5,8-9H2,1-3H3,(H,27,33)(H,26,28,29). The van der Waals surface area contributed by atoms with Crippen LogP contribution in [0.25, 0.3) is 22.2 Å². The normalized spacial score (nSPS) is 16.3. The molecule has 0 bridgehead atoms. The average molecular weight is 545 g/mol. The lowest BCUT2D eigenvalue weighted by atomic mass is 10.1. The van der Waals surface area contributed by atoms with E-state index in [1.807, 2.05) is 6.07 Å². The first kappa shape index (κ1) is 25.0. The van der Waals surface area contributed by atoms with Crippen LogP contribution >= 0.6 is 11.6 Å². The number of rotatable bonds is 7. The first-order chi connectivity index (χ1) is 17.7. The third kappa shape index (κ3) is 4.84. The summed E-state index contributed by atoms with van der Waals surface area (Å²) in [7, 11) is -0.185. The molecule has 1 amide bonds. The molecule has 1 aliphatic heterocycles. The van der Waals surface area contributed by atoms with E-state index in [4.69, 9.17) is 16.3 Å². The van der Waals surface area contributed by atoms with E-state index in [-0.39, 0.29) is 5.91 Å². The Hall–Kier alpha value is -3.68. The number of fused-ring (bicyclic) bond motifs is 1. The molecule has 4 aromatic rings. The van der Waals surface area contributed by atoms with E-state index < -0.39 is 16.1 Å². The Morgan fingerprint density at radius 3 is 2.86 bits per heavy atom. The van der Waals surface area contributed by atoms with Gasteiger partial charge in [0.15, 0.2) is 0 Å². The van der Waals surface area contributed by atoms with Gasteiger partial charge in [0.25, 0.3) is 5.88 Å². The van der Waals surface area contributed by atoms with Crippen LogP contribution in [0.4, 0.5) is 17.3 Å². The fourth-order valence-electron chi connectivity index (χ4n) is 4.51. The summed E-state index contributed by atoms with van der Waals surface area (Å²) in [5, 5.41) is 11.3. The molecule has 4 heterocycles. The smallest absolute Gasteiger partial charge is 0.256 e. The van der Waals surface area contributed by atoms with E-state index >= 15 is 0 Å². The van der Waals surface area contributed by atoms with Crippen LogP contribution in [0, 0.1) is 0 Å². The molecule has 0 aliphatic carbocycles. The largest absolute Gasteiger partial charge is 0.478 e. The van der Waals surface area contributed by atoms with Crippen molar-refractivity contribution in [3.8, 4) is 17.1 Å². The molecule has 5 rings (SSSR count). The lowest BCUT2D eigenvalue weighted by molar-refractivity contribution is -0.119. The maximum Gasteiger partial charge on any atom is 0.256 e. The van der Waals surface area contributed by atoms with Gasteiger partial charge in [0.05, 0.1) is 47.7 Å². The highest BCUT2D eigenvalue weighted by Crippen LogP contribution is 2.36. The zero-order valence-corrected chi connectivity index (χ0v) is 21.9. The van der Waals surface area contributed by atoms with Gasteiger partial charge in [-0.25, -0.2) is 18.4 Å². The maximum atomic E-state index is 13.0. The van der Waals surface area contributed by atoms with Crippen molar-refractivity contribution < 1.29 is 17.9 Å². The summed E-state index contributed by atoms with van der Waals surface area (Å²) in [6.07, 6.45) is 7.22. The highest BCUT2D eigenvalue weighted by molar-refractivity contribution is 7.88. The summed E-state index contributed by atoms with van der Waals surface area (Å²) in [4.78, 5) is 25.1. The van der Waals surface area contributed by atoms with Gasteiger partial charge in [0, 0.05) is 30.7 Å². The topological polar surface area (TPSA) is 147 Å². The van der Waals surface area contributed by atoms with Crippen molar-refractivity contribution in [3.63, 3.8) is 0 Å². The minimum Gasteiger partial charge on any atom is -0.478 e. The maximum absolute atomic E-state index is 13.0. The fourth-order valence-corrected chi connectivity index (χ4v) is 5.83. The first-order valence-electron chi connectivity index (χ1n) is 11.4. The Labute approximate surface area is 218 Å². The van der Waals surface area contributed by atoms with Gasteiger partial charge in [-0.15, -0.1) is 5.10 Å². The highest BCUT2D eigenvalue weighted by Gasteiger charge is 2.36. The molecule has 0 radical (unpaired) electrons. The summed E-state index contributed by atoms with van der Waals surface area (Å²) < 4.78 is 32.3. The van der Waals surface area contributed by atoms with Crippen molar-refractivity contribution >= 4 is 55.8 Å². The van der Waals surface area contributed by atoms with Crippen LogP contribution < -0.4 is 15.4 Å². The number of nitrogens with one attached hydrogen (secondary N) is 3. The second-order valence-electron chi connectivity index (χ2n) is 8.69. The number of hydrogen-bond donors (Lipinski definition) is 3. The molecular weight excluding hydrogens is 520 g/mol. The van der Waals surface area contributed by atoms with Crippen LogP contribution in [0.1, 0.15) is 12.8 Å². The summed E-state index contributed by atoms with van der Waals surface area (Å²) in [5.74, 6) is 0.321. The van der Waals surface area contributed by atoms with Crippen molar-refractivity contribution in [2.45, 2.75) is 18.9 Å². The number of aromatic nitrogens is 5. The van der Waals surface area contributed by atoms with Crippen LogP contribution in [-0.4, -0.2) is 69.3 Å². The zero-order chi connectivity index (χ0) is 26.3. The van der Waals surface area contributed by atoms with Gasteiger partial charge < -0.3 is 20.4 Å². The van der Waals surface area contributed by atoms with Gasteiger partial charge >= 0.3 is 0 Å². The molecule has 194 valence electrons. The molecule has 12 nitrogen and oxygen atoms in total. The number of amides is 1. The number of ether oxygens (including phenoxy) is 1. The molecule has 1 saturated heterocycles. The number of carbonyl (C=O) groups is 1. The molecule has 0 saturated carbocycles. The number of benzene rings is 1. The van der Waals surface area contributed by atoms with E-state index in [0.717, 1.165) is 11.6 Å². The number of hydrogen-bond acceptors (Lipinski definition) is 8. The van der Waals surface area contributed by atoms with Crippen molar-refractivity contribution in [2.24, 2.45) is 7.05 Å². The molecule has 37 heavy (non-hydrogen) atoms. The Kier molecular flexibility index (Phi) is 6.52. The van der Waals surface area contributed by atoms with Crippen molar-refractivity contribution in [3.05, 3.63) is 41.8 Å². The predicted octanol–water partition coefficient (Wildman–Crippen LogP) is 3.13. The van der Waals surface area contributed by atoms with E-state index in [2.05, 4.69) is 30.7 Å². The third-order valence-electron chi connectivity index (χ3n) is 6.14. The predicted molar refractivity (Wildman–Crippen MR) is 141 cm³/mol. The quantitative estimate of drug-likeness (QED) is 0.321. The second kappa shape index (κ2) is 9.65.